The van der Waals surface area contributed by atoms with Crippen molar-refractivity contribution in [1.82, 2.24) is 9.88 Å². The molecule has 1 unspecified atom stereocenters. The number of likely N-dealkylation sites (tertiary alicyclic amines) is 1. The number of rotatable bonds is 5. The normalized spacial score (nSPS) is 16.9. The van der Waals surface area contributed by atoms with Crippen molar-refractivity contribution in [2.45, 2.75) is 25.3 Å². The minimum atomic E-state index is 0.278. The summed E-state index contributed by atoms with van der Waals surface area (Å²) in [5, 5.41) is 5.49. The van der Waals surface area contributed by atoms with Crippen molar-refractivity contribution in [3.63, 3.8) is 0 Å². The van der Waals surface area contributed by atoms with Crippen molar-refractivity contribution >= 4 is 38.8 Å². The predicted octanol–water partition coefficient (Wildman–Crippen LogP) is 2.78. The smallest absolute Gasteiger partial charge is 0.277 e. The summed E-state index contributed by atoms with van der Waals surface area (Å²) >= 11 is 3.52. The van der Waals surface area contributed by atoms with Crippen LogP contribution in [0.3, 0.4) is 0 Å². The van der Waals surface area contributed by atoms with Crippen LogP contribution in [0.2, 0.25) is 0 Å². The van der Waals surface area contributed by atoms with Gasteiger partial charge in [-0.1, -0.05) is 12.1 Å². The van der Waals surface area contributed by atoms with E-state index in [0.717, 1.165) is 38.0 Å². The summed E-state index contributed by atoms with van der Waals surface area (Å²) in [6.07, 6.45) is 2.05. The van der Waals surface area contributed by atoms with Gasteiger partial charge in [-0.3, -0.25) is 4.79 Å². The highest BCUT2D eigenvalue weighted by Crippen LogP contribution is 2.33. The molecule has 0 bridgehead atoms. The fourth-order valence-corrected chi connectivity index (χ4v) is 5.42. The van der Waals surface area contributed by atoms with Crippen molar-refractivity contribution in [2.24, 2.45) is 0 Å². The van der Waals surface area contributed by atoms with Crippen molar-refractivity contribution in [3.8, 4) is 0 Å². The molecule has 1 aromatic carbocycles. The lowest BCUT2D eigenvalue weighted by Crippen LogP contribution is -3.08. The Hall–Kier alpha value is -1.76. The number of carbonyl (C=O) groups is 1. The number of piperidine rings is 1. The van der Waals surface area contributed by atoms with Gasteiger partial charge in [0.1, 0.15) is 6.54 Å². The van der Waals surface area contributed by atoms with Crippen LogP contribution in [0.4, 0.5) is 0 Å². The average molecular weight is 387 g/mol. The second-order valence-electron chi connectivity index (χ2n) is 7.12. The molecular formula is C20H24N3OS2+. The third kappa shape index (κ3) is 3.98. The number of likely N-dealkylation sites (N-methyl/N-ethyl adjacent to an activating group) is 1. The number of aromatic nitrogens is 1. The van der Waals surface area contributed by atoms with E-state index in [9.17, 15) is 4.79 Å². The fraction of sp³-hybridized carbons (Fsp3) is 0.400. The van der Waals surface area contributed by atoms with E-state index in [1.165, 1.54) is 20.2 Å². The number of benzene rings is 1. The first-order valence-electron chi connectivity index (χ1n) is 9.14. The first-order chi connectivity index (χ1) is 12.7. The van der Waals surface area contributed by atoms with Crippen LogP contribution in [0.1, 0.15) is 29.3 Å². The van der Waals surface area contributed by atoms with Gasteiger partial charge in [0, 0.05) is 24.6 Å². The third-order valence-corrected chi connectivity index (χ3v) is 6.98. The Morgan fingerprint density at radius 3 is 2.81 bits per heavy atom. The monoisotopic (exact) mass is 386 g/mol. The molecule has 3 aromatic rings. The van der Waals surface area contributed by atoms with Crippen LogP contribution in [0.5, 0.6) is 0 Å². The molecule has 0 radical (unpaired) electrons. The molecule has 1 fully saturated rings. The number of fused-ring (bicyclic) bond motifs is 1. The molecule has 1 amide bonds. The Morgan fingerprint density at radius 2 is 2.08 bits per heavy atom. The predicted molar refractivity (Wildman–Crippen MR) is 108 cm³/mol. The van der Waals surface area contributed by atoms with Gasteiger partial charge in [0.05, 0.1) is 22.3 Å². The van der Waals surface area contributed by atoms with Crippen LogP contribution in [0.25, 0.3) is 10.2 Å². The zero-order valence-electron chi connectivity index (χ0n) is 15.0. The van der Waals surface area contributed by atoms with E-state index in [0.29, 0.717) is 12.5 Å². The molecule has 1 N–H and O–H groups in total. The number of quaternary nitrogens is 1. The van der Waals surface area contributed by atoms with E-state index in [1.54, 1.807) is 11.3 Å². The van der Waals surface area contributed by atoms with Crippen LogP contribution >= 0.6 is 22.7 Å². The number of hydrogen-bond donors (Lipinski definition) is 1. The first-order valence-corrected chi connectivity index (χ1v) is 10.9. The fourth-order valence-electron chi connectivity index (χ4n) is 3.61. The maximum absolute atomic E-state index is 12.6. The van der Waals surface area contributed by atoms with Gasteiger partial charge >= 0.3 is 0 Å². The molecule has 1 aliphatic heterocycles. The Labute approximate surface area is 162 Å². The zero-order chi connectivity index (χ0) is 17.9. The van der Waals surface area contributed by atoms with Gasteiger partial charge in [0.2, 0.25) is 0 Å². The zero-order valence-corrected chi connectivity index (χ0v) is 16.6. The molecular weight excluding hydrogens is 362 g/mol. The van der Waals surface area contributed by atoms with Gasteiger partial charge in [-0.2, -0.15) is 11.3 Å². The van der Waals surface area contributed by atoms with Gasteiger partial charge in [-0.15, -0.1) is 11.3 Å². The Morgan fingerprint density at radius 1 is 1.27 bits per heavy atom. The number of thiophene rings is 1. The molecule has 3 heterocycles. The number of amides is 1. The van der Waals surface area contributed by atoms with E-state index < -0.39 is 0 Å². The van der Waals surface area contributed by atoms with E-state index >= 15 is 0 Å². The van der Waals surface area contributed by atoms with E-state index in [1.807, 2.05) is 22.3 Å². The molecule has 26 heavy (non-hydrogen) atoms. The molecule has 0 aliphatic carbocycles. The molecule has 4 rings (SSSR count). The van der Waals surface area contributed by atoms with E-state index in [-0.39, 0.29) is 5.91 Å². The Kier molecular flexibility index (Phi) is 5.33. The highest BCUT2D eigenvalue weighted by atomic mass is 32.1. The SMILES string of the molecule is C[NH+](CC(=O)N1CCC(c2nc3ccccc3s2)CC1)Cc1ccsc1. The molecule has 0 spiro atoms. The molecule has 4 nitrogen and oxygen atoms in total. The van der Waals surface area contributed by atoms with Crippen molar-refractivity contribution < 1.29 is 9.69 Å². The second kappa shape index (κ2) is 7.86. The third-order valence-electron chi connectivity index (χ3n) is 5.05. The highest BCUT2D eigenvalue weighted by Gasteiger charge is 2.27. The van der Waals surface area contributed by atoms with E-state index in [4.69, 9.17) is 4.98 Å². The Bertz CT molecular complexity index is 833. The van der Waals surface area contributed by atoms with Crippen LogP contribution in [0, 0.1) is 0 Å². The average Bonchev–Trinajstić information content (AvgIpc) is 3.31. The lowest BCUT2D eigenvalue weighted by molar-refractivity contribution is -0.885. The standard InChI is InChI=1S/C20H23N3OS2/c1-22(12-15-8-11-25-14-15)13-19(24)23-9-6-16(7-10-23)20-21-17-4-2-3-5-18(17)26-20/h2-5,8,11,14,16H,6-7,9-10,12-13H2,1H3/p+1. The summed E-state index contributed by atoms with van der Waals surface area (Å²) in [4.78, 5) is 20.7. The van der Waals surface area contributed by atoms with Crippen molar-refractivity contribution in [2.75, 3.05) is 26.7 Å². The lowest BCUT2D eigenvalue weighted by Gasteiger charge is -2.31. The maximum Gasteiger partial charge on any atom is 0.277 e. The number of carbonyl (C=O) groups excluding carboxylic acids is 1. The molecule has 1 saturated heterocycles. The van der Waals surface area contributed by atoms with Crippen LogP contribution in [0.15, 0.2) is 41.1 Å². The largest absolute Gasteiger partial charge is 0.338 e. The number of para-hydroxylation sites is 1. The topological polar surface area (TPSA) is 37.6 Å². The van der Waals surface area contributed by atoms with E-state index in [2.05, 4.69) is 42.1 Å². The van der Waals surface area contributed by atoms with Crippen LogP contribution in [-0.4, -0.2) is 42.5 Å². The first kappa shape index (κ1) is 17.6. The summed E-state index contributed by atoms with van der Waals surface area (Å²) < 4.78 is 1.26. The van der Waals surface area contributed by atoms with Crippen molar-refractivity contribution in [3.05, 3.63) is 51.7 Å². The summed E-state index contributed by atoms with van der Waals surface area (Å²) in [7, 11) is 2.10. The molecule has 1 atom stereocenters. The minimum Gasteiger partial charge on any atom is -0.338 e. The van der Waals surface area contributed by atoms with Crippen LogP contribution < -0.4 is 4.90 Å². The van der Waals surface area contributed by atoms with Gasteiger partial charge in [0.15, 0.2) is 6.54 Å². The summed E-state index contributed by atoms with van der Waals surface area (Å²) in [5.74, 6) is 0.771. The minimum absolute atomic E-state index is 0.278. The lowest BCUT2D eigenvalue weighted by atomic mass is 9.97. The van der Waals surface area contributed by atoms with Gasteiger partial charge < -0.3 is 9.80 Å². The molecule has 1 aliphatic rings. The molecule has 136 valence electrons. The Balaban J connectivity index is 1.30. The van der Waals surface area contributed by atoms with Gasteiger partial charge in [0.25, 0.3) is 5.91 Å². The van der Waals surface area contributed by atoms with Gasteiger partial charge in [-0.05, 0) is 41.8 Å². The number of nitrogens with zero attached hydrogens (tertiary/aromatic N) is 2. The molecule has 6 heteroatoms. The molecule has 2 aromatic heterocycles. The molecule has 0 saturated carbocycles. The number of thiazole rings is 1. The maximum atomic E-state index is 12.6. The number of hydrogen-bond acceptors (Lipinski definition) is 4. The summed E-state index contributed by atoms with van der Waals surface area (Å²) in [6.45, 7) is 3.19. The van der Waals surface area contributed by atoms with Gasteiger partial charge in [-0.25, -0.2) is 4.98 Å². The summed E-state index contributed by atoms with van der Waals surface area (Å²) in [5.41, 5.74) is 2.42. The summed E-state index contributed by atoms with van der Waals surface area (Å²) in [6, 6.07) is 10.5. The second-order valence-corrected chi connectivity index (χ2v) is 8.96. The quantitative estimate of drug-likeness (QED) is 0.732. The van der Waals surface area contributed by atoms with Crippen molar-refractivity contribution in [1.29, 1.82) is 0 Å². The van der Waals surface area contributed by atoms with Crippen LogP contribution in [-0.2, 0) is 11.3 Å². The highest BCUT2D eigenvalue weighted by molar-refractivity contribution is 7.18. The number of nitrogens with one attached hydrogen (secondary N) is 1.